The number of anilines is 1. The Morgan fingerprint density at radius 1 is 1.48 bits per heavy atom. The minimum absolute atomic E-state index is 0.126. The first-order valence-corrected chi connectivity index (χ1v) is 9.02. The van der Waals surface area contributed by atoms with Gasteiger partial charge in [-0.05, 0) is 44.1 Å². The van der Waals surface area contributed by atoms with Crippen LogP contribution in [0, 0.1) is 5.92 Å². The fourth-order valence-electron chi connectivity index (χ4n) is 4.22. The van der Waals surface area contributed by atoms with Crippen molar-refractivity contribution in [3.8, 4) is 0 Å². The molecule has 1 saturated heterocycles. The number of amides is 1. The maximum absolute atomic E-state index is 13.1. The Hall–Kier alpha value is -1.73. The third-order valence-electron chi connectivity index (χ3n) is 5.46. The number of rotatable bonds is 4. The van der Waals surface area contributed by atoms with Gasteiger partial charge in [0, 0.05) is 19.3 Å². The topological polar surface area (TPSA) is 102 Å². The van der Waals surface area contributed by atoms with E-state index in [2.05, 4.69) is 23.8 Å². The van der Waals surface area contributed by atoms with E-state index in [0.717, 1.165) is 25.0 Å². The van der Waals surface area contributed by atoms with E-state index in [1.165, 1.54) is 0 Å². The zero-order valence-electron chi connectivity index (χ0n) is 15.2. The minimum atomic E-state index is -0.395. The van der Waals surface area contributed by atoms with E-state index < -0.39 is 6.10 Å². The van der Waals surface area contributed by atoms with Gasteiger partial charge in [-0.1, -0.05) is 13.8 Å². The average Bonchev–Trinajstić information content (AvgIpc) is 2.92. The number of aliphatic hydroxyl groups excluding tert-OH is 1. The van der Waals surface area contributed by atoms with E-state index in [9.17, 15) is 9.90 Å². The van der Waals surface area contributed by atoms with E-state index in [-0.39, 0.29) is 23.5 Å². The number of ether oxygens (including phenoxy) is 1. The van der Waals surface area contributed by atoms with Crippen LogP contribution in [0.3, 0.4) is 0 Å². The Kier molecular flexibility index (Phi) is 4.97. The molecule has 1 amide bonds. The van der Waals surface area contributed by atoms with Crippen LogP contribution in [0.2, 0.25) is 0 Å². The van der Waals surface area contributed by atoms with Crippen LogP contribution in [0.15, 0.2) is 6.07 Å². The second kappa shape index (κ2) is 6.88. The molecule has 2 heterocycles. The Morgan fingerprint density at radius 3 is 2.92 bits per heavy atom. The monoisotopic (exact) mass is 348 g/mol. The molecule has 3 atom stereocenters. The zero-order chi connectivity index (χ0) is 18.2. The van der Waals surface area contributed by atoms with Gasteiger partial charge < -0.3 is 20.5 Å². The fourth-order valence-corrected chi connectivity index (χ4v) is 4.22. The van der Waals surface area contributed by atoms with Gasteiger partial charge in [0.1, 0.15) is 5.69 Å². The first-order valence-electron chi connectivity index (χ1n) is 9.02. The third-order valence-corrected chi connectivity index (χ3v) is 5.46. The van der Waals surface area contributed by atoms with Crippen LogP contribution in [0.25, 0.3) is 0 Å². The summed E-state index contributed by atoms with van der Waals surface area (Å²) in [5, 5.41) is 10.1. The molecule has 2 fully saturated rings. The van der Waals surface area contributed by atoms with Crippen molar-refractivity contribution < 1.29 is 14.6 Å². The number of hydrogen-bond donors (Lipinski definition) is 2. The summed E-state index contributed by atoms with van der Waals surface area (Å²) >= 11 is 0. The van der Waals surface area contributed by atoms with Gasteiger partial charge in [0.2, 0.25) is 5.95 Å². The molecule has 1 aromatic heterocycles. The molecule has 3 rings (SSSR count). The van der Waals surface area contributed by atoms with Crippen molar-refractivity contribution >= 4 is 11.9 Å². The van der Waals surface area contributed by atoms with Crippen LogP contribution in [0.1, 0.15) is 55.7 Å². The number of aliphatic hydroxyl groups is 1. The Morgan fingerprint density at radius 2 is 2.24 bits per heavy atom. The first-order chi connectivity index (χ1) is 11.8. The third kappa shape index (κ3) is 3.48. The number of nitrogen functional groups attached to an aromatic ring is 1. The van der Waals surface area contributed by atoms with Gasteiger partial charge in [0.25, 0.3) is 5.91 Å². The summed E-state index contributed by atoms with van der Waals surface area (Å²) in [7, 11) is 1.70. The number of fused-ring (bicyclic) bond motifs is 1. The second-order valence-corrected chi connectivity index (χ2v) is 7.66. The smallest absolute Gasteiger partial charge is 0.273 e. The highest BCUT2D eigenvalue weighted by molar-refractivity contribution is 5.93. The molecule has 7 heteroatoms. The van der Waals surface area contributed by atoms with E-state index in [4.69, 9.17) is 10.5 Å². The van der Waals surface area contributed by atoms with Gasteiger partial charge >= 0.3 is 0 Å². The molecule has 2 aliphatic rings. The van der Waals surface area contributed by atoms with E-state index in [0.29, 0.717) is 31.0 Å². The number of aromatic nitrogens is 2. The summed E-state index contributed by atoms with van der Waals surface area (Å²) in [6.45, 7) is 4.79. The summed E-state index contributed by atoms with van der Waals surface area (Å²) < 4.78 is 5.80. The predicted molar refractivity (Wildman–Crippen MR) is 94.0 cm³/mol. The summed E-state index contributed by atoms with van der Waals surface area (Å²) in [5.41, 5.74) is 6.58. The molecule has 25 heavy (non-hydrogen) atoms. The van der Waals surface area contributed by atoms with Crippen LogP contribution in [0.5, 0.6) is 0 Å². The van der Waals surface area contributed by atoms with Crippen LogP contribution in [-0.4, -0.2) is 57.3 Å². The molecule has 0 bridgehead atoms. The maximum Gasteiger partial charge on any atom is 0.273 e. The molecule has 1 saturated carbocycles. The zero-order valence-corrected chi connectivity index (χ0v) is 15.2. The Bertz CT molecular complexity index is 651. The number of hydrogen-bond acceptors (Lipinski definition) is 6. The van der Waals surface area contributed by atoms with E-state index in [1.807, 2.05) is 0 Å². The molecule has 3 N–H and O–H groups in total. The number of carbonyl (C=O) groups excluding carboxylic acids is 1. The molecule has 2 unspecified atom stereocenters. The molecular formula is C18H28N4O3. The number of nitrogens with two attached hydrogens (primary N) is 1. The minimum Gasteiger partial charge on any atom is -0.393 e. The number of methoxy groups -OCH3 is 1. The number of likely N-dealkylation sites (tertiary alicyclic amines) is 1. The van der Waals surface area contributed by atoms with Crippen molar-refractivity contribution in [3.05, 3.63) is 17.5 Å². The lowest BCUT2D eigenvalue weighted by molar-refractivity contribution is -0.0824. The molecule has 0 radical (unpaired) electrons. The average molecular weight is 348 g/mol. The largest absolute Gasteiger partial charge is 0.393 e. The van der Waals surface area contributed by atoms with Gasteiger partial charge in [-0.3, -0.25) is 4.79 Å². The van der Waals surface area contributed by atoms with Gasteiger partial charge in [-0.25, -0.2) is 9.97 Å². The fraction of sp³-hybridized carbons (Fsp3) is 0.722. The molecule has 7 nitrogen and oxygen atoms in total. The molecule has 0 spiro atoms. The summed E-state index contributed by atoms with van der Waals surface area (Å²) in [5.74, 6) is 0.387. The summed E-state index contributed by atoms with van der Waals surface area (Å²) in [4.78, 5) is 23.3. The van der Waals surface area contributed by atoms with Crippen molar-refractivity contribution in [2.24, 2.45) is 5.92 Å². The highest BCUT2D eigenvalue weighted by atomic mass is 16.5. The van der Waals surface area contributed by atoms with Crippen LogP contribution in [0.4, 0.5) is 5.95 Å². The lowest BCUT2D eigenvalue weighted by atomic mass is 9.79. The molecule has 1 aliphatic carbocycles. The van der Waals surface area contributed by atoms with Crippen molar-refractivity contribution in [1.82, 2.24) is 14.9 Å². The normalized spacial score (nSPS) is 29.1. The highest BCUT2D eigenvalue weighted by Gasteiger charge is 2.52. The van der Waals surface area contributed by atoms with Crippen LogP contribution < -0.4 is 5.73 Å². The molecular weight excluding hydrogens is 320 g/mol. The predicted octanol–water partition coefficient (Wildman–Crippen LogP) is 1.40. The van der Waals surface area contributed by atoms with Gasteiger partial charge in [-0.15, -0.1) is 0 Å². The maximum atomic E-state index is 13.1. The molecule has 0 aromatic carbocycles. The standard InChI is InChI=1S/C18H28N4O3/c1-11(2)8-12-9-14(21-17(19)20-12)16(24)22-7-6-18(25-3)5-4-13(23)10-15(18)22/h9,11,13,15,23H,4-8,10H2,1-3H3,(H2,19,20,21)/t13?,15?,18-/m1/s1. The number of carbonyl (C=O) groups is 1. The van der Waals surface area contributed by atoms with Gasteiger partial charge in [-0.2, -0.15) is 0 Å². The number of nitrogens with zero attached hydrogens (tertiary/aromatic N) is 3. The summed E-state index contributed by atoms with van der Waals surface area (Å²) in [6, 6.07) is 1.61. The Labute approximate surface area is 148 Å². The van der Waals surface area contributed by atoms with Crippen molar-refractivity contribution in [2.75, 3.05) is 19.4 Å². The quantitative estimate of drug-likeness (QED) is 0.853. The second-order valence-electron chi connectivity index (χ2n) is 7.66. The first kappa shape index (κ1) is 18.1. The van der Waals surface area contributed by atoms with E-state index in [1.54, 1.807) is 18.1 Å². The lowest BCUT2D eigenvalue weighted by Crippen LogP contribution is -2.52. The van der Waals surface area contributed by atoms with Gasteiger partial charge in [0.15, 0.2) is 0 Å². The van der Waals surface area contributed by atoms with Crippen LogP contribution >= 0.6 is 0 Å². The molecule has 1 aliphatic heterocycles. The van der Waals surface area contributed by atoms with Gasteiger partial charge in [0.05, 0.1) is 17.7 Å². The Balaban J connectivity index is 1.87. The highest BCUT2D eigenvalue weighted by Crippen LogP contribution is 2.42. The summed E-state index contributed by atoms with van der Waals surface area (Å²) in [6.07, 6.45) is 3.16. The van der Waals surface area contributed by atoms with E-state index >= 15 is 0 Å². The van der Waals surface area contributed by atoms with Crippen LogP contribution in [-0.2, 0) is 11.2 Å². The molecule has 1 aromatic rings. The lowest BCUT2D eigenvalue weighted by Gasteiger charge is -2.42. The van der Waals surface area contributed by atoms with Crippen molar-refractivity contribution in [1.29, 1.82) is 0 Å². The van der Waals surface area contributed by atoms with Crippen molar-refractivity contribution in [3.63, 3.8) is 0 Å². The SMILES string of the molecule is CO[C@@]12CCC(O)CC1N(C(=O)c1cc(CC(C)C)nc(N)n1)CC2. The molecule has 138 valence electrons. The van der Waals surface area contributed by atoms with Crippen molar-refractivity contribution in [2.45, 2.75) is 63.7 Å².